The molecule has 0 saturated carbocycles. The minimum absolute atomic E-state index is 0.211. The highest BCUT2D eigenvalue weighted by Gasteiger charge is 2.32. The van der Waals surface area contributed by atoms with Crippen molar-refractivity contribution in [1.29, 1.82) is 0 Å². The molecule has 0 amide bonds. The first-order valence-electron chi connectivity index (χ1n) is 9.85. The molecule has 0 aromatic heterocycles. The van der Waals surface area contributed by atoms with Gasteiger partial charge in [-0.1, -0.05) is 38.0 Å². The van der Waals surface area contributed by atoms with Gasteiger partial charge in [-0.3, -0.25) is 0 Å². The molecule has 3 aromatic carbocycles. The van der Waals surface area contributed by atoms with Crippen LogP contribution in [0.4, 0.5) is 17.6 Å². The van der Waals surface area contributed by atoms with E-state index in [2.05, 4.69) is 6.92 Å². The summed E-state index contributed by atoms with van der Waals surface area (Å²) in [5.41, 5.74) is 2.45. The van der Waals surface area contributed by atoms with E-state index >= 15 is 0 Å². The van der Waals surface area contributed by atoms with Crippen molar-refractivity contribution in [3.05, 3.63) is 82.4 Å². The van der Waals surface area contributed by atoms with Crippen LogP contribution in [0.1, 0.15) is 55.2 Å². The molecule has 0 radical (unpaired) electrons. The van der Waals surface area contributed by atoms with Gasteiger partial charge in [0.25, 0.3) is 0 Å². The number of benzene rings is 3. The molecule has 0 spiro atoms. The Balaban J connectivity index is 1.90. The van der Waals surface area contributed by atoms with Crippen LogP contribution in [-0.4, -0.2) is 0 Å². The minimum Gasteiger partial charge on any atom is -0.207 e. The van der Waals surface area contributed by atoms with Crippen LogP contribution in [0.15, 0.2) is 42.5 Å². The molecule has 146 valence electrons. The zero-order chi connectivity index (χ0) is 19.8. The standard InChI is InChI=1S/C24H22F4/c1-2-3-4-15-7-9-18-19(10-6-14-5-8-17(25)13-20(14)18)23(15)16-11-21(26)24(28)22(27)12-16/h5-6,8,10-13,15,23H,2-4,7,9H2,1H3/t15-,23-/m1/s1. The smallest absolute Gasteiger partial charge is 0.194 e. The molecule has 0 fully saturated rings. The van der Waals surface area contributed by atoms with Gasteiger partial charge in [-0.25, -0.2) is 17.6 Å². The Hall–Kier alpha value is -2.36. The molecule has 0 bridgehead atoms. The van der Waals surface area contributed by atoms with E-state index in [-0.39, 0.29) is 17.7 Å². The van der Waals surface area contributed by atoms with Crippen LogP contribution in [0, 0.1) is 29.2 Å². The van der Waals surface area contributed by atoms with E-state index in [4.69, 9.17) is 0 Å². The fraction of sp³-hybridized carbons (Fsp3) is 0.333. The van der Waals surface area contributed by atoms with Crippen molar-refractivity contribution in [2.45, 2.75) is 44.9 Å². The van der Waals surface area contributed by atoms with Gasteiger partial charge in [0.2, 0.25) is 0 Å². The number of halogens is 4. The van der Waals surface area contributed by atoms with E-state index in [1.165, 1.54) is 12.1 Å². The van der Waals surface area contributed by atoms with Crippen LogP contribution in [-0.2, 0) is 6.42 Å². The van der Waals surface area contributed by atoms with E-state index in [9.17, 15) is 17.6 Å². The van der Waals surface area contributed by atoms with Crippen molar-refractivity contribution >= 4 is 10.8 Å². The van der Waals surface area contributed by atoms with Gasteiger partial charge in [0.05, 0.1) is 0 Å². The van der Waals surface area contributed by atoms with E-state index in [1.54, 1.807) is 6.07 Å². The maximum atomic E-state index is 14.0. The van der Waals surface area contributed by atoms with Gasteiger partial charge in [-0.05, 0) is 76.9 Å². The third-order valence-corrected chi connectivity index (χ3v) is 6.00. The summed E-state index contributed by atoms with van der Waals surface area (Å²) < 4.78 is 55.4. The number of hydrogen-bond donors (Lipinski definition) is 0. The Morgan fingerprint density at radius 3 is 2.36 bits per heavy atom. The summed E-state index contributed by atoms with van der Waals surface area (Å²) >= 11 is 0. The van der Waals surface area contributed by atoms with Gasteiger partial charge in [-0.2, -0.15) is 0 Å². The molecule has 0 aliphatic heterocycles. The van der Waals surface area contributed by atoms with Gasteiger partial charge in [-0.15, -0.1) is 0 Å². The number of hydrogen-bond acceptors (Lipinski definition) is 0. The van der Waals surface area contributed by atoms with E-state index in [0.29, 0.717) is 5.56 Å². The highest BCUT2D eigenvalue weighted by molar-refractivity contribution is 5.87. The van der Waals surface area contributed by atoms with Gasteiger partial charge in [0, 0.05) is 5.92 Å². The Morgan fingerprint density at radius 2 is 1.64 bits per heavy atom. The van der Waals surface area contributed by atoms with Crippen LogP contribution < -0.4 is 0 Å². The van der Waals surface area contributed by atoms with Crippen molar-refractivity contribution < 1.29 is 17.6 Å². The van der Waals surface area contributed by atoms with Crippen LogP contribution >= 0.6 is 0 Å². The molecule has 0 nitrogen and oxygen atoms in total. The predicted octanol–water partition coefficient (Wildman–Crippen LogP) is 7.28. The summed E-state index contributed by atoms with van der Waals surface area (Å²) in [4.78, 5) is 0. The monoisotopic (exact) mass is 386 g/mol. The molecule has 4 rings (SSSR count). The van der Waals surface area contributed by atoms with Crippen molar-refractivity contribution in [2.24, 2.45) is 5.92 Å². The Labute approximate surface area is 162 Å². The molecule has 0 heterocycles. The lowest BCUT2D eigenvalue weighted by molar-refractivity contribution is 0.368. The second-order valence-corrected chi connectivity index (χ2v) is 7.72. The van der Waals surface area contributed by atoms with Crippen LogP contribution in [0.2, 0.25) is 0 Å². The number of unbranched alkanes of at least 4 members (excludes halogenated alkanes) is 1. The largest absolute Gasteiger partial charge is 0.207 e. The number of aryl methyl sites for hydroxylation is 1. The van der Waals surface area contributed by atoms with E-state index in [0.717, 1.165) is 66.1 Å². The molecular formula is C24H22F4. The van der Waals surface area contributed by atoms with Gasteiger partial charge >= 0.3 is 0 Å². The molecule has 4 heteroatoms. The SMILES string of the molecule is CCCC[C@@H]1CCc2c(ccc3ccc(F)cc23)[C@H]1c1cc(F)c(F)c(F)c1. The second kappa shape index (κ2) is 7.57. The Morgan fingerprint density at radius 1 is 0.929 bits per heavy atom. The fourth-order valence-electron chi connectivity index (χ4n) is 4.68. The lowest BCUT2D eigenvalue weighted by atomic mass is 9.69. The Kier molecular flexibility index (Phi) is 5.13. The zero-order valence-electron chi connectivity index (χ0n) is 15.7. The second-order valence-electron chi connectivity index (χ2n) is 7.72. The summed E-state index contributed by atoms with van der Waals surface area (Å²) in [6, 6.07) is 10.9. The summed E-state index contributed by atoms with van der Waals surface area (Å²) in [5.74, 6) is -4.09. The average Bonchev–Trinajstić information content (AvgIpc) is 2.69. The molecule has 1 aliphatic rings. The first kappa shape index (κ1) is 19.0. The van der Waals surface area contributed by atoms with Gasteiger partial charge in [0.1, 0.15) is 5.82 Å². The quantitative estimate of drug-likeness (QED) is 0.326. The number of rotatable bonds is 4. The number of fused-ring (bicyclic) bond motifs is 3. The van der Waals surface area contributed by atoms with E-state index in [1.807, 2.05) is 12.1 Å². The molecule has 0 N–H and O–H groups in total. The van der Waals surface area contributed by atoms with Crippen molar-refractivity contribution in [1.82, 2.24) is 0 Å². The molecule has 2 atom stereocenters. The van der Waals surface area contributed by atoms with E-state index < -0.39 is 17.5 Å². The third kappa shape index (κ3) is 3.30. The molecule has 1 aliphatic carbocycles. The summed E-state index contributed by atoms with van der Waals surface area (Å²) in [5, 5.41) is 1.79. The Bertz CT molecular complexity index is 1000. The van der Waals surface area contributed by atoms with Gasteiger partial charge < -0.3 is 0 Å². The lowest BCUT2D eigenvalue weighted by Gasteiger charge is -2.35. The summed E-state index contributed by atoms with van der Waals surface area (Å²) in [7, 11) is 0. The van der Waals surface area contributed by atoms with Crippen LogP contribution in [0.25, 0.3) is 10.8 Å². The normalized spacial score (nSPS) is 19.0. The first-order chi connectivity index (χ1) is 13.5. The summed E-state index contributed by atoms with van der Waals surface area (Å²) in [6.45, 7) is 2.11. The molecular weight excluding hydrogens is 364 g/mol. The minimum atomic E-state index is -1.44. The van der Waals surface area contributed by atoms with Crippen molar-refractivity contribution in [3.63, 3.8) is 0 Å². The highest BCUT2D eigenvalue weighted by atomic mass is 19.2. The van der Waals surface area contributed by atoms with Crippen molar-refractivity contribution in [2.75, 3.05) is 0 Å². The summed E-state index contributed by atoms with van der Waals surface area (Å²) in [6.07, 6.45) is 4.64. The molecule has 0 saturated heterocycles. The third-order valence-electron chi connectivity index (χ3n) is 6.00. The van der Waals surface area contributed by atoms with Crippen molar-refractivity contribution in [3.8, 4) is 0 Å². The highest BCUT2D eigenvalue weighted by Crippen LogP contribution is 2.45. The lowest BCUT2D eigenvalue weighted by Crippen LogP contribution is -2.22. The van der Waals surface area contributed by atoms with Crippen LogP contribution in [0.5, 0.6) is 0 Å². The maximum Gasteiger partial charge on any atom is 0.194 e. The van der Waals surface area contributed by atoms with Crippen LogP contribution in [0.3, 0.4) is 0 Å². The average molecular weight is 386 g/mol. The molecule has 28 heavy (non-hydrogen) atoms. The molecule has 0 unspecified atom stereocenters. The topological polar surface area (TPSA) is 0 Å². The first-order valence-corrected chi connectivity index (χ1v) is 9.85. The van der Waals surface area contributed by atoms with Gasteiger partial charge in [0.15, 0.2) is 17.5 Å². The maximum absolute atomic E-state index is 14.0. The predicted molar refractivity (Wildman–Crippen MR) is 103 cm³/mol. The zero-order valence-corrected chi connectivity index (χ0v) is 15.7. The molecule has 3 aromatic rings. The fourth-order valence-corrected chi connectivity index (χ4v) is 4.68.